The highest BCUT2D eigenvalue weighted by Crippen LogP contribution is 2.17. The molecule has 1 fully saturated rings. The molecule has 0 atom stereocenters. The lowest BCUT2D eigenvalue weighted by atomic mass is 10.2. The van der Waals surface area contributed by atoms with E-state index in [2.05, 4.69) is 11.9 Å². The van der Waals surface area contributed by atoms with E-state index >= 15 is 0 Å². The summed E-state index contributed by atoms with van der Waals surface area (Å²) in [5.74, 6) is 0.694. The topological polar surface area (TPSA) is 41.6 Å². The predicted molar refractivity (Wildman–Crippen MR) is 87.8 cm³/mol. The summed E-state index contributed by atoms with van der Waals surface area (Å²) in [6.07, 6.45) is 4.36. The lowest BCUT2D eigenvalue weighted by molar-refractivity contribution is -0.122. The van der Waals surface area contributed by atoms with E-state index in [-0.39, 0.29) is 5.91 Å². The van der Waals surface area contributed by atoms with E-state index in [9.17, 15) is 4.79 Å². The van der Waals surface area contributed by atoms with Gasteiger partial charge in [-0.1, -0.05) is 31.7 Å². The van der Waals surface area contributed by atoms with E-state index in [1.807, 2.05) is 31.2 Å². The van der Waals surface area contributed by atoms with Crippen molar-refractivity contribution in [3.63, 3.8) is 0 Å². The Balaban J connectivity index is 2.11. The van der Waals surface area contributed by atoms with Gasteiger partial charge >= 0.3 is 0 Å². The Kier molecular flexibility index (Phi) is 5.11. The van der Waals surface area contributed by atoms with Crippen LogP contribution in [0.25, 0.3) is 6.08 Å². The van der Waals surface area contributed by atoms with Gasteiger partial charge in [0.25, 0.3) is 5.91 Å². The van der Waals surface area contributed by atoms with Gasteiger partial charge in [0, 0.05) is 6.54 Å². The van der Waals surface area contributed by atoms with Crippen molar-refractivity contribution in [2.75, 3.05) is 13.2 Å². The van der Waals surface area contributed by atoms with Crippen molar-refractivity contribution in [1.29, 1.82) is 0 Å². The third-order valence-corrected chi connectivity index (χ3v) is 3.29. The largest absolute Gasteiger partial charge is 0.490 e. The van der Waals surface area contributed by atoms with Gasteiger partial charge in [-0.25, -0.2) is 0 Å². The molecular formula is C16H18N2O2S. The summed E-state index contributed by atoms with van der Waals surface area (Å²) in [4.78, 5) is 13.8. The molecule has 0 radical (unpaired) electrons. The number of amides is 1. The summed E-state index contributed by atoms with van der Waals surface area (Å²) in [5.41, 5.74) is 1.42. The monoisotopic (exact) mass is 302 g/mol. The van der Waals surface area contributed by atoms with Gasteiger partial charge in [-0.3, -0.25) is 9.69 Å². The van der Waals surface area contributed by atoms with Gasteiger partial charge in [0.05, 0.1) is 0 Å². The van der Waals surface area contributed by atoms with Gasteiger partial charge in [0.15, 0.2) is 5.11 Å². The molecule has 5 heteroatoms. The molecule has 1 saturated heterocycles. The zero-order valence-corrected chi connectivity index (χ0v) is 12.8. The Morgan fingerprint density at radius 1 is 1.38 bits per heavy atom. The number of thiocarbonyl (C=S) groups is 1. The highest BCUT2D eigenvalue weighted by atomic mass is 32.1. The van der Waals surface area contributed by atoms with E-state index < -0.39 is 0 Å². The van der Waals surface area contributed by atoms with Gasteiger partial charge in [-0.15, -0.1) is 0 Å². The molecule has 1 aliphatic heterocycles. The van der Waals surface area contributed by atoms with E-state index in [1.165, 1.54) is 0 Å². The van der Waals surface area contributed by atoms with Crippen molar-refractivity contribution in [3.05, 3.63) is 48.2 Å². The van der Waals surface area contributed by atoms with Crippen LogP contribution in [0, 0.1) is 0 Å². The molecule has 0 aliphatic carbocycles. The number of hydrogen-bond donors (Lipinski definition) is 1. The molecule has 110 valence electrons. The average molecular weight is 302 g/mol. The summed E-state index contributed by atoms with van der Waals surface area (Å²) in [6.45, 7) is 6.72. The molecule has 1 aromatic rings. The fraction of sp³-hybridized carbons (Fsp3) is 0.250. The van der Waals surface area contributed by atoms with Crippen LogP contribution in [-0.2, 0) is 4.79 Å². The zero-order chi connectivity index (χ0) is 15.2. The second-order valence-electron chi connectivity index (χ2n) is 4.61. The van der Waals surface area contributed by atoms with Crippen molar-refractivity contribution < 1.29 is 9.53 Å². The Labute approximate surface area is 130 Å². The standard InChI is InChI=1S/C16H18N2O2S/c1-3-9-18-15(19)14(17-16(18)21)11-12-5-7-13(8-6-12)20-10-4-2/h4-8,11H,2-3,9-10H2,1H3,(H,17,21)/b14-11-. The van der Waals surface area contributed by atoms with Crippen molar-refractivity contribution in [3.8, 4) is 5.75 Å². The lowest BCUT2D eigenvalue weighted by Crippen LogP contribution is -2.31. The first-order valence-corrected chi connectivity index (χ1v) is 7.25. The smallest absolute Gasteiger partial charge is 0.276 e. The molecule has 0 saturated carbocycles. The molecule has 1 heterocycles. The third-order valence-electron chi connectivity index (χ3n) is 2.97. The predicted octanol–water partition coefficient (Wildman–Crippen LogP) is 2.72. The first-order chi connectivity index (χ1) is 10.2. The third kappa shape index (κ3) is 3.70. The lowest BCUT2D eigenvalue weighted by Gasteiger charge is -2.11. The summed E-state index contributed by atoms with van der Waals surface area (Å²) in [5, 5.41) is 3.43. The normalized spacial score (nSPS) is 16.2. The van der Waals surface area contributed by atoms with Crippen LogP contribution in [0.4, 0.5) is 0 Å². The molecule has 0 spiro atoms. The SMILES string of the molecule is C=CCOc1ccc(/C=C2\NC(=S)N(CCC)C2=O)cc1. The number of hydrogen-bond acceptors (Lipinski definition) is 3. The van der Waals surface area contributed by atoms with Crippen LogP contribution in [0.15, 0.2) is 42.6 Å². The number of rotatable bonds is 6. The van der Waals surface area contributed by atoms with Crippen LogP contribution in [0.1, 0.15) is 18.9 Å². The summed E-state index contributed by atoms with van der Waals surface area (Å²) in [7, 11) is 0. The molecule has 0 unspecified atom stereocenters. The van der Waals surface area contributed by atoms with Crippen LogP contribution in [0.3, 0.4) is 0 Å². The van der Waals surface area contributed by atoms with E-state index in [0.29, 0.717) is 24.0 Å². The number of ether oxygens (including phenoxy) is 1. The van der Waals surface area contributed by atoms with Crippen LogP contribution in [0.2, 0.25) is 0 Å². The Bertz CT molecular complexity index is 578. The highest BCUT2D eigenvalue weighted by molar-refractivity contribution is 7.80. The average Bonchev–Trinajstić information content (AvgIpc) is 2.75. The maximum Gasteiger partial charge on any atom is 0.276 e. The van der Waals surface area contributed by atoms with Crippen molar-refractivity contribution >= 4 is 29.3 Å². The number of benzene rings is 1. The molecular weight excluding hydrogens is 284 g/mol. The maximum atomic E-state index is 12.2. The van der Waals surface area contributed by atoms with Gasteiger partial charge in [0.1, 0.15) is 18.1 Å². The van der Waals surface area contributed by atoms with Crippen molar-refractivity contribution in [2.45, 2.75) is 13.3 Å². The number of nitrogens with zero attached hydrogens (tertiary/aromatic N) is 1. The molecule has 1 N–H and O–H groups in total. The molecule has 0 bridgehead atoms. The van der Waals surface area contributed by atoms with E-state index in [0.717, 1.165) is 17.7 Å². The molecule has 4 nitrogen and oxygen atoms in total. The van der Waals surface area contributed by atoms with E-state index in [4.69, 9.17) is 17.0 Å². The molecule has 21 heavy (non-hydrogen) atoms. The molecule has 1 aliphatic rings. The minimum absolute atomic E-state index is 0.0752. The van der Waals surface area contributed by atoms with Crippen LogP contribution in [0.5, 0.6) is 5.75 Å². The van der Waals surface area contributed by atoms with Gasteiger partial charge in [-0.2, -0.15) is 0 Å². The Hall–Kier alpha value is -2.14. The second-order valence-corrected chi connectivity index (χ2v) is 5.00. The van der Waals surface area contributed by atoms with Crippen LogP contribution < -0.4 is 10.1 Å². The Morgan fingerprint density at radius 3 is 2.71 bits per heavy atom. The zero-order valence-electron chi connectivity index (χ0n) is 12.0. The van der Waals surface area contributed by atoms with E-state index in [1.54, 1.807) is 17.1 Å². The summed E-state index contributed by atoms with van der Waals surface area (Å²) >= 11 is 5.17. The fourth-order valence-corrected chi connectivity index (χ4v) is 2.26. The summed E-state index contributed by atoms with van der Waals surface area (Å²) < 4.78 is 5.42. The minimum atomic E-state index is -0.0752. The van der Waals surface area contributed by atoms with Gasteiger partial charge in [-0.05, 0) is 42.4 Å². The quantitative estimate of drug-likeness (QED) is 0.498. The maximum absolute atomic E-state index is 12.2. The van der Waals surface area contributed by atoms with Crippen molar-refractivity contribution in [2.24, 2.45) is 0 Å². The minimum Gasteiger partial charge on any atom is -0.490 e. The van der Waals surface area contributed by atoms with Crippen molar-refractivity contribution in [1.82, 2.24) is 10.2 Å². The summed E-state index contributed by atoms with van der Waals surface area (Å²) in [6, 6.07) is 7.51. The van der Waals surface area contributed by atoms with Crippen LogP contribution in [-0.4, -0.2) is 29.1 Å². The highest BCUT2D eigenvalue weighted by Gasteiger charge is 2.29. The molecule has 2 rings (SSSR count). The number of nitrogens with one attached hydrogen (secondary N) is 1. The van der Waals surface area contributed by atoms with Gasteiger partial charge in [0.2, 0.25) is 0 Å². The second kappa shape index (κ2) is 7.04. The molecule has 1 aromatic carbocycles. The number of carbonyl (C=O) groups excluding carboxylic acids is 1. The first-order valence-electron chi connectivity index (χ1n) is 6.84. The Morgan fingerprint density at radius 2 is 2.10 bits per heavy atom. The first kappa shape index (κ1) is 15.3. The van der Waals surface area contributed by atoms with Gasteiger partial charge < -0.3 is 10.1 Å². The van der Waals surface area contributed by atoms with Crippen LogP contribution >= 0.6 is 12.2 Å². The molecule has 1 amide bonds. The molecule has 0 aromatic heterocycles. The number of carbonyl (C=O) groups is 1. The fourth-order valence-electron chi connectivity index (χ4n) is 1.98.